The molecule has 0 radical (unpaired) electrons. The van der Waals surface area contributed by atoms with Crippen molar-refractivity contribution in [3.05, 3.63) is 141 Å². The van der Waals surface area contributed by atoms with Crippen LogP contribution in [0.25, 0.3) is 0 Å². The maximum absolute atomic E-state index is 13.4. The molecule has 0 saturated heterocycles. The highest BCUT2D eigenvalue weighted by molar-refractivity contribution is 9.10. The summed E-state index contributed by atoms with van der Waals surface area (Å²) in [6.07, 6.45) is 0. The number of aryl methyl sites for hydroxylation is 2. The van der Waals surface area contributed by atoms with Crippen molar-refractivity contribution in [1.82, 2.24) is 0 Å². The van der Waals surface area contributed by atoms with Gasteiger partial charge >= 0.3 is 5.97 Å². The Bertz CT molecular complexity index is 1850. The number of benzene rings is 5. The van der Waals surface area contributed by atoms with Crippen molar-refractivity contribution in [3.8, 4) is 11.5 Å². The highest BCUT2D eigenvalue weighted by Gasteiger charge is 2.53. The molecule has 208 valence electrons. The van der Waals surface area contributed by atoms with Crippen LogP contribution >= 0.6 is 15.9 Å². The van der Waals surface area contributed by atoms with Gasteiger partial charge in [-0.25, -0.2) is 4.79 Å². The van der Waals surface area contributed by atoms with E-state index < -0.39 is 5.60 Å². The molecule has 0 aromatic heterocycles. The predicted molar refractivity (Wildman–Crippen MR) is 171 cm³/mol. The molecule has 1 spiro atoms. The molecule has 6 heteroatoms. The first kappa shape index (κ1) is 26.4. The van der Waals surface area contributed by atoms with Crippen LogP contribution < -0.4 is 15.0 Å². The lowest BCUT2D eigenvalue weighted by Crippen LogP contribution is -2.33. The SMILES string of the molecule is CCN(c1ccc(Br)cc1)c1ccc2c(c1)Oc1cc(C)c(Nc3ccc(C)cc3)cc1C21OC(=O)c2ccccc21. The van der Waals surface area contributed by atoms with Gasteiger partial charge in [-0.3, -0.25) is 0 Å². The molecule has 5 aromatic rings. The van der Waals surface area contributed by atoms with Gasteiger partial charge in [0.1, 0.15) is 11.5 Å². The third-order valence-electron chi connectivity index (χ3n) is 8.14. The molecule has 1 atom stereocenters. The number of nitrogens with one attached hydrogen (secondary N) is 1. The summed E-state index contributed by atoms with van der Waals surface area (Å²) in [6.45, 7) is 7.02. The molecule has 0 aliphatic carbocycles. The molecule has 0 bridgehead atoms. The lowest BCUT2D eigenvalue weighted by Gasteiger charge is -2.38. The number of esters is 1. The van der Waals surface area contributed by atoms with Gasteiger partial charge in [-0.05, 0) is 93.1 Å². The Kier molecular flexibility index (Phi) is 6.32. The number of carbonyl (C=O) groups is 1. The van der Waals surface area contributed by atoms with E-state index in [1.54, 1.807) is 0 Å². The minimum Gasteiger partial charge on any atom is -0.456 e. The number of nitrogens with zero attached hydrogens (tertiary/aromatic N) is 1. The lowest BCUT2D eigenvalue weighted by atomic mass is 9.77. The zero-order valence-electron chi connectivity index (χ0n) is 23.6. The smallest absolute Gasteiger partial charge is 0.340 e. The van der Waals surface area contributed by atoms with Crippen molar-refractivity contribution in [1.29, 1.82) is 0 Å². The van der Waals surface area contributed by atoms with Gasteiger partial charge in [0, 0.05) is 56.5 Å². The first-order valence-corrected chi connectivity index (χ1v) is 14.8. The average molecular weight is 618 g/mol. The normalized spacial score (nSPS) is 16.2. The first-order valence-electron chi connectivity index (χ1n) is 14.0. The van der Waals surface area contributed by atoms with Gasteiger partial charge in [-0.1, -0.05) is 51.8 Å². The topological polar surface area (TPSA) is 50.8 Å². The van der Waals surface area contributed by atoms with Gasteiger partial charge in [0.2, 0.25) is 0 Å². The summed E-state index contributed by atoms with van der Waals surface area (Å²) in [5.74, 6) is 0.994. The Labute approximate surface area is 253 Å². The third-order valence-corrected chi connectivity index (χ3v) is 8.67. The number of ether oxygens (including phenoxy) is 2. The van der Waals surface area contributed by atoms with Crippen LogP contribution in [0.4, 0.5) is 22.7 Å². The second kappa shape index (κ2) is 10.1. The molecule has 2 aliphatic heterocycles. The zero-order chi connectivity index (χ0) is 29.0. The standard InChI is InChI=1S/C36H29BrN2O3/c1-4-39(26-15-11-24(37)12-16-26)27-17-18-30-34(20-27)41-33-19-23(3)32(38-25-13-9-22(2)10-14-25)21-31(33)36(30)29-8-6-5-7-28(29)35(40)42-36/h5-21,38H,4H2,1-3H3. The number of halogens is 1. The molecule has 2 heterocycles. The summed E-state index contributed by atoms with van der Waals surface area (Å²) >= 11 is 3.54. The van der Waals surface area contributed by atoms with Gasteiger partial charge < -0.3 is 19.7 Å². The molecule has 0 amide bonds. The molecular weight excluding hydrogens is 588 g/mol. The van der Waals surface area contributed by atoms with Gasteiger partial charge in [-0.15, -0.1) is 0 Å². The van der Waals surface area contributed by atoms with E-state index in [0.717, 1.165) is 56.0 Å². The summed E-state index contributed by atoms with van der Waals surface area (Å²) in [5.41, 5.74) is 8.03. The maximum atomic E-state index is 13.4. The van der Waals surface area contributed by atoms with E-state index in [1.165, 1.54) is 5.56 Å². The predicted octanol–water partition coefficient (Wildman–Crippen LogP) is 9.54. The maximum Gasteiger partial charge on any atom is 0.340 e. The second-order valence-corrected chi connectivity index (χ2v) is 11.7. The Hall–Kier alpha value is -4.55. The average Bonchev–Trinajstić information content (AvgIpc) is 3.29. The van der Waals surface area contributed by atoms with Crippen molar-refractivity contribution in [2.75, 3.05) is 16.8 Å². The lowest BCUT2D eigenvalue weighted by molar-refractivity contribution is 0.0224. The van der Waals surface area contributed by atoms with Crippen LogP contribution in [0, 0.1) is 13.8 Å². The largest absolute Gasteiger partial charge is 0.456 e. The third kappa shape index (κ3) is 4.17. The number of anilines is 4. The zero-order valence-corrected chi connectivity index (χ0v) is 25.2. The van der Waals surface area contributed by atoms with Gasteiger partial charge in [0.05, 0.1) is 5.56 Å². The molecule has 1 unspecified atom stereocenters. The highest BCUT2D eigenvalue weighted by atomic mass is 79.9. The van der Waals surface area contributed by atoms with E-state index >= 15 is 0 Å². The molecule has 0 saturated carbocycles. The van der Waals surface area contributed by atoms with Crippen LogP contribution in [0.5, 0.6) is 11.5 Å². The molecule has 1 N–H and O–H groups in total. The number of hydrogen-bond acceptors (Lipinski definition) is 5. The van der Waals surface area contributed by atoms with Gasteiger partial charge in [-0.2, -0.15) is 0 Å². The van der Waals surface area contributed by atoms with E-state index in [4.69, 9.17) is 9.47 Å². The van der Waals surface area contributed by atoms with E-state index in [-0.39, 0.29) is 5.97 Å². The quantitative estimate of drug-likeness (QED) is 0.199. The van der Waals surface area contributed by atoms with E-state index in [1.807, 2.05) is 54.6 Å². The summed E-state index contributed by atoms with van der Waals surface area (Å²) in [4.78, 5) is 15.6. The van der Waals surface area contributed by atoms with Crippen LogP contribution in [0.1, 0.15) is 45.1 Å². The monoisotopic (exact) mass is 616 g/mol. The van der Waals surface area contributed by atoms with Crippen molar-refractivity contribution in [3.63, 3.8) is 0 Å². The molecule has 2 aliphatic rings. The van der Waals surface area contributed by atoms with Crippen LogP contribution in [-0.4, -0.2) is 12.5 Å². The van der Waals surface area contributed by atoms with E-state index in [0.29, 0.717) is 17.1 Å². The van der Waals surface area contributed by atoms with Crippen molar-refractivity contribution in [2.24, 2.45) is 0 Å². The van der Waals surface area contributed by atoms with Gasteiger partial charge in [0.15, 0.2) is 5.60 Å². The number of rotatable bonds is 5. The molecule has 5 aromatic carbocycles. The molecule has 5 nitrogen and oxygen atoms in total. The Morgan fingerprint density at radius 3 is 2.26 bits per heavy atom. The van der Waals surface area contributed by atoms with E-state index in [9.17, 15) is 4.79 Å². The molecule has 7 rings (SSSR count). The molecule has 0 fully saturated rings. The fraction of sp³-hybridized carbons (Fsp3) is 0.139. The van der Waals surface area contributed by atoms with Crippen molar-refractivity contribution < 1.29 is 14.3 Å². The van der Waals surface area contributed by atoms with Crippen molar-refractivity contribution in [2.45, 2.75) is 26.4 Å². The fourth-order valence-corrected chi connectivity index (χ4v) is 6.30. The Balaban J connectivity index is 1.40. The first-order chi connectivity index (χ1) is 20.4. The minimum atomic E-state index is -1.14. The second-order valence-electron chi connectivity index (χ2n) is 10.8. The van der Waals surface area contributed by atoms with Gasteiger partial charge in [0.25, 0.3) is 0 Å². The van der Waals surface area contributed by atoms with Crippen molar-refractivity contribution >= 4 is 44.6 Å². The van der Waals surface area contributed by atoms with E-state index in [2.05, 4.69) is 95.4 Å². The molecular formula is C36H29BrN2O3. The van der Waals surface area contributed by atoms with Crippen LogP contribution in [-0.2, 0) is 10.3 Å². The van der Waals surface area contributed by atoms with Crippen LogP contribution in [0.15, 0.2) is 108 Å². The summed E-state index contributed by atoms with van der Waals surface area (Å²) in [7, 11) is 0. The fourth-order valence-electron chi connectivity index (χ4n) is 6.04. The number of carbonyl (C=O) groups excluding carboxylic acids is 1. The van der Waals surface area contributed by atoms with Crippen LogP contribution in [0.2, 0.25) is 0 Å². The number of fused-ring (bicyclic) bond motifs is 6. The molecule has 42 heavy (non-hydrogen) atoms. The summed E-state index contributed by atoms with van der Waals surface area (Å²) < 4.78 is 14.1. The van der Waals surface area contributed by atoms with Crippen LogP contribution in [0.3, 0.4) is 0 Å². The highest BCUT2D eigenvalue weighted by Crippen LogP contribution is 2.57. The summed E-state index contributed by atoms with van der Waals surface area (Å²) in [5, 5.41) is 3.56. The Morgan fingerprint density at radius 1 is 0.786 bits per heavy atom. The Morgan fingerprint density at radius 2 is 1.50 bits per heavy atom. The number of hydrogen-bond donors (Lipinski definition) is 1. The minimum absolute atomic E-state index is 0.341. The summed E-state index contributed by atoms with van der Waals surface area (Å²) in [6, 6.07) is 34.5.